The van der Waals surface area contributed by atoms with Gasteiger partial charge < -0.3 is 15.4 Å². The number of pyridine rings is 1. The zero-order valence-electron chi connectivity index (χ0n) is 18.4. The van der Waals surface area contributed by atoms with E-state index < -0.39 is 0 Å². The van der Waals surface area contributed by atoms with Gasteiger partial charge in [-0.25, -0.2) is 9.67 Å². The molecule has 0 aliphatic rings. The highest BCUT2D eigenvalue weighted by Gasteiger charge is 2.06. The van der Waals surface area contributed by atoms with Crippen molar-refractivity contribution in [2.24, 2.45) is 4.99 Å². The number of benzene rings is 1. The van der Waals surface area contributed by atoms with Gasteiger partial charge in [0.15, 0.2) is 11.8 Å². The first-order chi connectivity index (χ1) is 14.5. The predicted octanol–water partition coefficient (Wildman–Crippen LogP) is 3.11. The average Bonchev–Trinajstić information content (AvgIpc) is 3.09. The molecule has 1 aromatic carbocycles. The number of nitrogens with one attached hydrogen (secondary N) is 2. The first-order valence-corrected chi connectivity index (χ1v) is 10.1. The van der Waals surface area contributed by atoms with E-state index in [9.17, 15) is 0 Å². The molecule has 0 bridgehead atoms. The van der Waals surface area contributed by atoms with E-state index in [1.54, 1.807) is 14.2 Å². The number of methoxy groups -OCH3 is 1. The molecule has 2 aromatic heterocycles. The van der Waals surface area contributed by atoms with Crippen LogP contribution < -0.4 is 15.4 Å². The van der Waals surface area contributed by atoms with E-state index in [1.807, 2.05) is 42.9 Å². The minimum atomic E-state index is 0.637. The molecule has 0 aliphatic heterocycles. The molecule has 0 radical (unpaired) electrons. The minimum Gasteiger partial charge on any atom is -0.496 e. The third-order valence-corrected chi connectivity index (χ3v) is 4.84. The number of ether oxygens (including phenoxy) is 1. The van der Waals surface area contributed by atoms with Crippen molar-refractivity contribution in [3.63, 3.8) is 0 Å². The molecule has 0 fully saturated rings. The van der Waals surface area contributed by atoms with Gasteiger partial charge in [-0.3, -0.25) is 4.99 Å². The standard InChI is InChI=1S/C23H30N6O/c1-16-6-8-21(30-5)20(12-16)10-11-25-23(24-4)27-15-19-7-9-22(26-14-19)29-18(3)13-17(2)28-29/h6-9,12-14H,10-11,15H2,1-5H3,(H2,24,25,27). The molecular weight excluding hydrogens is 376 g/mol. The first-order valence-electron chi connectivity index (χ1n) is 10.1. The second-order valence-electron chi connectivity index (χ2n) is 7.28. The fourth-order valence-corrected chi connectivity index (χ4v) is 3.33. The van der Waals surface area contributed by atoms with Gasteiger partial charge in [-0.05, 0) is 56.5 Å². The summed E-state index contributed by atoms with van der Waals surface area (Å²) in [7, 11) is 3.48. The molecule has 0 spiro atoms. The summed E-state index contributed by atoms with van der Waals surface area (Å²) in [4.78, 5) is 8.84. The maximum atomic E-state index is 5.45. The van der Waals surface area contributed by atoms with Crippen molar-refractivity contribution in [3.8, 4) is 11.6 Å². The Bertz CT molecular complexity index is 1010. The van der Waals surface area contributed by atoms with Crippen LogP contribution in [0.5, 0.6) is 5.75 Å². The number of hydrogen-bond donors (Lipinski definition) is 2. The highest BCUT2D eigenvalue weighted by Crippen LogP contribution is 2.19. The number of hydrogen-bond acceptors (Lipinski definition) is 4. The molecule has 3 aromatic rings. The van der Waals surface area contributed by atoms with Crippen LogP contribution in [0.1, 0.15) is 28.1 Å². The Balaban J connectivity index is 1.52. The van der Waals surface area contributed by atoms with E-state index in [4.69, 9.17) is 4.74 Å². The van der Waals surface area contributed by atoms with E-state index in [0.29, 0.717) is 6.54 Å². The Morgan fingerprint density at radius 2 is 1.93 bits per heavy atom. The zero-order chi connectivity index (χ0) is 21.5. The third kappa shape index (κ3) is 5.37. The van der Waals surface area contributed by atoms with Crippen LogP contribution in [0.25, 0.3) is 5.82 Å². The van der Waals surface area contributed by atoms with Crippen molar-refractivity contribution in [3.05, 3.63) is 70.7 Å². The highest BCUT2D eigenvalue weighted by atomic mass is 16.5. The Hall–Kier alpha value is -3.35. The van der Waals surface area contributed by atoms with Gasteiger partial charge in [-0.2, -0.15) is 5.10 Å². The molecule has 0 unspecified atom stereocenters. The monoisotopic (exact) mass is 406 g/mol. The van der Waals surface area contributed by atoms with Gasteiger partial charge in [0, 0.05) is 32.0 Å². The van der Waals surface area contributed by atoms with Crippen molar-refractivity contribution in [2.75, 3.05) is 20.7 Å². The van der Waals surface area contributed by atoms with E-state index in [0.717, 1.165) is 47.4 Å². The van der Waals surface area contributed by atoms with Crippen LogP contribution in [0.4, 0.5) is 0 Å². The summed E-state index contributed by atoms with van der Waals surface area (Å²) in [6.45, 7) is 7.49. The maximum Gasteiger partial charge on any atom is 0.191 e. The molecule has 3 rings (SSSR count). The van der Waals surface area contributed by atoms with Crippen molar-refractivity contribution < 1.29 is 4.74 Å². The summed E-state index contributed by atoms with van der Waals surface area (Å²) in [6.07, 6.45) is 2.72. The first kappa shape index (κ1) is 21.4. The topological polar surface area (TPSA) is 76.4 Å². The molecule has 0 saturated heterocycles. The number of aliphatic imine (C=N–C) groups is 1. The Kier molecular flexibility index (Phi) is 7.06. The van der Waals surface area contributed by atoms with Crippen LogP contribution in [0.15, 0.2) is 47.6 Å². The van der Waals surface area contributed by atoms with Crippen LogP contribution >= 0.6 is 0 Å². The summed E-state index contributed by atoms with van der Waals surface area (Å²) < 4.78 is 7.31. The van der Waals surface area contributed by atoms with Gasteiger partial charge in [0.2, 0.25) is 0 Å². The predicted molar refractivity (Wildman–Crippen MR) is 120 cm³/mol. The molecule has 0 saturated carbocycles. The fourth-order valence-electron chi connectivity index (χ4n) is 3.33. The Labute approximate surface area is 178 Å². The molecule has 2 N–H and O–H groups in total. The smallest absolute Gasteiger partial charge is 0.191 e. The minimum absolute atomic E-state index is 0.637. The van der Waals surface area contributed by atoms with Gasteiger partial charge in [0.05, 0.1) is 12.8 Å². The summed E-state index contributed by atoms with van der Waals surface area (Å²) in [5.41, 5.74) is 5.54. The van der Waals surface area contributed by atoms with Crippen molar-refractivity contribution in [2.45, 2.75) is 33.7 Å². The van der Waals surface area contributed by atoms with Crippen LogP contribution in [-0.4, -0.2) is 41.4 Å². The molecule has 30 heavy (non-hydrogen) atoms. The number of nitrogens with zero attached hydrogens (tertiary/aromatic N) is 4. The number of rotatable bonds is 7. The molecule has 2 heterocycles. The molecule has 158 valence electrons. The van der Waals surface area contributed by atoms with E-state index in [-0.39, 0.29) is 0 Å². The van der Waals surface area contributed by atoms with Crippen molar-refractivity contribution in [1.82, 2.24) is 25.4 Å². The van der Waals surface area contributed by atoms with Gasteiger partial charge in [0.25, 0.3) is 0 Å². The molecule has 0 atom stereocenters. The number of aryl methyl sites for hydroxylation is 3. The normalized spacial score (nSPS) is 11.4. The molecular formula is C23H30N6O. The van der Waals surface area contributed by atoms with Gasteiger partial charge in [0.1, 0.15) is 5.75 Å². The SMILES string of the molecule is CN=C(NCCc1cc(C)ccc1OC)NCc1ccc(-n2nc(C)cc2C)nc1. The third-order valence-electron chi connectivity index (χ3n) is 4.84. The quantitative estimate of drug-likeness (QED) is 0.466. The summed E-state index contributed by atoms with van der Waals surface area (Å²) in [5, 5.41) is 11.2. The maximum absolute atomic E-state index is 5.45. The lowest BCUT2D eigenvalue weighted by Crippen LogP contribution is -2.37. The molecule has 0 amide bonds. The van der Waals surface area contributed by atoms with Crippen molar-refractivity contribution >= 4 is 5.96 Å². The lowest BCUT2D eigenvalue weighted by Gasteiger charge is -2.14. The molecule has 7 heteroatoms. The largest absolute Gasteiger partial charge is 0.496 e. The van der Waals surface area contributed by atoms with E-state index in [1.165, 1.54) is 11.1 Å². The van der Waals surface area contributed by atoms with E-state index >= 15 is 0 Å². The van der Waals surface area contributed by atoms with Crippen molar-refractivity contribution in [1.29, 1.82) is 0 Å². The Morgan fingerprint density at radius 1 is 1.10 bits per heavy atom. The molecule has 7 nitrogen and oxygen atoms in total. The fraction of sp³-hybridized carbons (Fsp3) is 0.348. The van der Waals surface area contributed by atoms with Crippen LogP contribution in [0.3, 0.4) is 0 Å². The lowest BCUT2D eigenvalue weighted by atomic mass is 10.1. The molecule has 0 aliphatic carbocycles. The van der Waals surface area contributed by atoms with Gasteiger partial charge in [-0.15, -0.1) is 0 Å². The average molecular weight is 407 g/mol. The second-order valence-corrected chi connectivity index (χ2v) is 7.28. The zero-order valence-corrected chi connectivity index (χ0v) is 18.4. The Morgan fingerprint density at radius 3 is 2.57 bits per heavy atom. The lowest BCUT2D eigenvalue weighted by molar-refractivity contribution is 0.409. The summed E-state index contributed by atoms with van der Waals surface area (Å²) >= 11 is 0. The van der Waals surface area contributed by atoms with Gasteiger partial charge in [-0.1, -0.05) is 23.8 Å². The van der Waals surface area contributed by atoms with Gasteiger partial charge >= 0.3 is 0 Å². The second kappa shape index (κ2) is 9.91. The number of aromatic nitrogens is 3. The number of guanidine groups is 1. The van der Waals surface area contributed by atoms with Crippen LogP contribution in [0, 0.1) is 20.8 Å². The summed E-state index contributed by atoms with van der Waals surface area (Å²) in [5.74, 6) is 2.49. The highest BCUT2D eigenvalue weighted by molar-refractivity contribution is 5.79. The summed E-state index contributed by atoms with van der Waals surface area (Å²) in [6, 6.07) is 12.3. The van der Waals surface area contributed by atoms with Crippen LogP contribution in [-0.2, 0) is 13.0 Å². The van der Waals surface area contributed by atoms with E-state index in [2.05, 4.69) is 50.8 Å². The van der Waals surface area contributed by atoms with Crippen LogP contribution in [0.2, 0.25) is 0 Å².